The minimum atomic E-state index is -0.424. The first kappa shape index (κ1) is 21.7. The standard InChI is InChI=1S/C15H21N3O3.2ClH/c1-3-4-12(17-9-7-16-8-10-17)14-13(18(20)21)6-5-11(2)15(14)19;;/h3,5-6,12,16,19H,1,4,7-10H2,2H3;2*1H/t12-;;/m0../s1. The van der Waals surface area contributed by atoms with E-state index in [1.807, 2.05) is 0 Å². The summed E-state index contributed by atoms with van der Waals surface area (Å²) < 4.78 is 0. The van der Waals surface area contributed by atoms with Crippen molar-refractivity contribution in [3.63, 3.8) is 0 Å². The number of aromatic hydroxyl groups is 1. The Balaban J connectivity index is 0.00000242. The number of halogens is 2. The van der Waals surface area contributed by atoms with E-state index >= 15 is 0 Å². The molecule has 0 radical (unpaired) electrons. The van der Waals surface area contributed by atoms with Crippen LogP contribution in [-0.4, -0.2) is 41.1 Å². The summed E-state index contributed by atoms with van der Waals surface area (Å²) >= 11 is 0. The predicted molar refractivity (Wildman–Crippen MR) is 96.0 cm³/mol. The summed E-state index contributed by atoms with van der Waals surface area (Å²) in [5, 5.41) is 25.0. The zero-order chi connectivity index (χ0) is 15.4. The maximum Gasteiger partial charge on any atom is 0.277 e. The minimum absolute atomic E-state index is 0. The summed E-state index contributed by atoms with van der Waals surface area (Å²) in [4.78, 5) is 13.1. The number of rotatable bonds is 5. The van der Waals surface area contributed by atoms with Crippen LogP contribution in [0.3, 0.4) is 0 Å². The lowest BCUT2D eigenvalue weighted by Crippen LogP contribution is -2.45. The normalized spacial score (nSPS) is 15.9. The highest BCUT2D eigenvalue weighted by molar-refractivity contribution is 5.85. The number of nitro groups is 1. The summed E-state index contributed by atoms with van der Waals surface area (Å²) in [6, 6.07) is 2.84. The number of benzene rings is 1. The quantitative estimate of drug-likeness (QED) is 0.477. The summed E-state index contributed by atoms with van der Waals surface area (Å²) in [5.74, 6) is 0.0228. The Morgan fingerprint density at radius 1 is 1.43 bits per heavy atom. The molecule has 0 bridgehead atoms. The fourth-order valence-corrected chi connectivity index (χ4v) is 2.80. The van der Waals surface area contributed by atoms with Crippen LogP contribution in [-0.2, 0) is 0 Å². The molecule has 1 atom stereocenters. The number of aryl methyl sites for hydroxylation is 1. The first-order chi connectivity index (χ1) is 10.1. The lowest BCUT2D eigenvalue weighted by molar-refractivity contribution is -0.386. The summed E-state index contributed by atoms with van der Waals surface area (Å²) in [7, 11) is 0. The van der Waals surface area contributed by atoms with Gasteiger partial charge in [-0.3, -0.25) is 15.0 Å². The zero-order valence-corrected chi connectivity index (χ0v) is 14.7. The van der Waals surface area contributed by atoms with E-state index in [4.69, 9.17) is 0 Å². The van der Waals surface area contributed by atoms with Gasteiger partial charge in [0.25, 0.3) is 5.69 Å². The third kappa shape index (κ3) is 4.81. The van der Waals surface area contributed by atoms with Gasteiger partial charge in [0.2, 0.25) is 0 Å². The highest BCUT2D eigenvalue weighted by Gasteiger charge is 2.31. The number of piperazine rings is 1. The van der Waals surface area contributed by atoms with Crippen molar-refractivity contribution in [2.75, 3.05) is 26.2 Å². The van der Waals surface area contributed by atoms with E-state index in [9.17, 15) is 15.2 Å². The number of hydrogen-bond donors (Lipinski definition) is 2. The van der Waals surface area contributed by atoms with E-state index in [0.29, 0.717) is 17.5 Å². The molecule has 1 aliphatic heterocycles. The number of phenols is 1. The van der Waals surface area contributed by atoms with Crippen molar-refractivity contribution in [3.8, 4) is 5.75 Å². The van der Waals surface area contributed by atoms with E-state index in [-0.39, 0.29) is 42.3 Å². The van der Waals surface area contributed by atoms with Gasteiger partial charge in [0, 0.05) is 38.3 Å². The Labute approximate surface area is 148 Å². The topological polar surface area (TPSA) is 78.6 Å². The van der Waals surface area contributed by atoms with Crippen LogP contribution >= 0.6 is 24.8 Å². The molecule has 1 aromatic rings. The predicted octanol–water partition coefficient (Wildman–Crippen LogP) is 2.97. The van der Waals surface area contributed by atoms with E-state index in [2.05, 4.69) is 16.8 Å². The molecule has 1 saturated heterocycles. The average molecular weight is 364 g/mol. The van der Waals surface area contributed by atoms with Gasteiger partial charge in [-0.25, -0.2) is 0 Å². The molecular formula is C15H23Cl2N3O3. The van der Waals surface area contributed by atoms with Gasteiger partial charge in [-0.1, -0.05) is 6.08 Å². The van der Waals surface area contributed by atoms with Crippen molar-refractivity contribution in [1.82, 2.24) is 10.2 Å². The molecule has 0 amide bonds. The molecule has 2 rings (SSSR count). The molecule has 23 heavy (non-hydrogen) atoms. The van der Waals surface area contributed by atoms with E-state index < -0.39 is 4.92 Å². The van der Waals surface area contributed by atoms with Gasteiger partial charge in [0.1, 0.15) is 5.75 Å². The van der Waals surface area contributed by atoms with E-state index in [1.165, 1.54) is 6.07 Å². The Hall–Kier alpha value is -1.34. The molecule has 0 spiro atoms. The molecule has 8 heteroatoms. The van der Waals surface area contributed by atoms with Gasteiger partial charge in [0.05, 0.1) is 10.5 Å². The molecule has 2 N–H and O–H groups in total. The number of nitro benzene ring substituents is 1. The largest absolute Gasteiger partial charge is 0.507 e. The molecule has 1 aliphatic rings. The van der Waals surface area contributed by atoms with Crippen LogP contribution in [0.2, 0.25) is 0 Å². The monoisotopic (exact) mass is 363 g/mol. The summed E-state index contributed by atoms with van der Waals surface area (Å²) in [6.45, 7) is 8.78. The first-order valence-electron chi connectivity index (χ1n) is 7.08. The highest BCUT2D eigenvalue weighted by Crippen LogP contribution is 2.40. The molecule has 0 unspecified atom stereocenters. The lowest BCUT2D eigenvalue weighted by atomic mass is 9.96. The van der Waals surface area contributed by atoms with Gasteiger partial charge < -0.3 is 10.4 Å². The fraction of sp³-hybridized carbons (Fsp3) is 0.467. The molecule has 0 aliphatic carbocycles. The maximum absolute atomic E-state index is 11.3. The summed E-state index contributed by atoms with van der Waals surface area (Å²) in [6.07, 6.45) is 2.32. The molecule has 1 aromatic carbocycles. The van der Waals surface area contributed by atoms with Crippen molar-refractivity contribution in [2.45, 2.75) is 19.4 Å². The second-order valence-electron chi connectivity index (χ2n) is 5.25. The molecular weight excluding hydrogens is 341 g/mol. The van der Waals surface area contributed by atoms with E-state index in [1.54, 1.807) is 19.1 Å². The SMILES string of the molecule is C=CC[C@@H](c1c([N+](=O)[O-])ccc(C)c1O)N1CCNCC1.Cl.Cl. The third-order valence-electron chi connectivity index (χ3n) is 3.91. The third-order valence-corrected chi connectivity index (χ3v) is 3.91. The number of hydrogen-bond acceptors (Lipinski definition) is 5. The van der Waals surface area contributed by atoms with Crippen molar-refractivity contribution >= 4 is 30.5 Å². The number of nitrogens with one attached hydrogen (secondary N) is 1. The van der Waals surface area contributed by atoms with Crippen molar-refractivity contribution in [3.05, 3.63) is 46.0 Å². The van der Waals surface area contributed by atoms with Gasteiger partial charge in [-0.15, -0.1) is 31.4 Å². The van der Waals surface area contributed by atoms with Crippen LogP contribution in [0.4, 0.5) is 5.69 Å². The maximum atomic E-state index is 11.3. The molecule has 1 fully saturated rings. The van der Waals surface area contributed by atoms with Gasteiger partial charge in [0.15, 0.2) is 0 Å². The van der Waals surface area contributed by atoms with Crippen LogP contribution in [0.1, 0.15) is 23.6 Å². The lowest BCUT2D eigenvalue weighted by Gasteiger charge is -2.34. The highest BCUT2D eigenvalue weighted by atomic mass is 35.5. The first-order valence-corrected chi connectivity index (χ1v) is 7.08. The van der Waals surface area contributed by atoms with Gasteiger partial charge in [-0.05, 0) is 25.0 Å². The van der Waals surface area contributed by atoms with Gasteiger partial charge >= 0.3 is 0 Å². The van der Waals surface area contributed by atoms with Crippen LogP contribution in [0.5, 0.6) is 5.75 Å². The smallest absolute Gasteiger partial charge is 0.277 e. The second kappa shape index (κ2) is 9.72. The average Bonchev–Trinajstić information content (AvgIpc) is 2.48. The van der Waals surface area contributed by atoms with Gasteiger partial charge in [-0.2, -0.15) is 0 Å². The zero-order valence-electron chi connectivity index (χ0n) is 13.0. The Kier molecular flexibility index (Phi) is 9.16. The minimum Gasteiger partial charge on any atom is -0.507 e. The Bertz CT molecular complexity index is 549. The molecule has 6 nitrogen and oxygen atoms in total. The van der Waals surface area contributed by atoms with Crippen LogP contribution in [0.15, 0.2) is 24.8 Å². The van der Waals surface area contributed by atoms with Crippen molar-refractivity contribution in [2.24, 2.45) is 0 Å². The molecule has 130 valence electrons. The Morgan fingerprint density at radius 2 is 2.04 bits per heavy atom. The number of nitrogens with zero attached hydrogens (tertiary/aromatic N) is 2. The molecule has 0 aromatic heterocycles. The van der Waals surface area contributed by atoms with Crippen molar-refractivity contribution < 1.29 is 10.0 Å². The van der Waals surface area contributed by atoms with Crippen LogP contribution < -0.4 is 5.32 Å². The van der Waals surface area contributed by atoms with Crippen LogP contribution in [0, 0.1) is 17.0 Å². The molecule has 1 heterocycles. The fourth-order valence-electron chi connectivity index (χ4n) is 2.80. The van der Waals surface area contributed by atoms with E-state index in [0.717, 1.165) is 26.2 Å². The second-order valence-corrected chi connectivity index (χ2v) is 5.25. The number of phenolic OH excluding ortho intramolecular Hbond substituents is 1. The van der Waals surface area contributed by atoms with Crippen molar-refractivity contribution in [1.29, 1.82) is 0 Å². The molecule has 0 saturated carbocycles. The van der Waals surface area contributed by atoms with Crippen LogP contribution in [0.25, 0.3) is 0 Å². The Morgan fingerprint density at radius 3 is 2.57 bits per heavy atom. The summed E-state index contributed by atoms with van der Waals surface area (Å²) in [5.41, 5.74) is 1.03.